The van der Waals surface area contributed by atoms with Crippen molar-refractivity contribution in [2.75, 3.05) is 6.61 Å². The number of halogens is 2. The molecule has 2 rings (SSSR count). The van der Waals surface area contributed by atoms with Gasteiger partial charge < -0.3 is 4.74 Å². The maximum atomic E-state index is 5.81. The average molecular weight is 438 g/mol. The van der Waals surface area contributed by atoms with Crippen molar-refractivity contribution in [3.05, 3.63) is 49.1 Å². The summed E-state index contributed by atoms with van der Waals surface area (Å²) in [6.07, 6.45) is 4.25. The van der Waals surface area contributed by atoms with Crippen LogP contribution in [0.15, 0.2) is 43.6 Å². The van der Waals surface area contributed by atoms with Crippen molar-refractivity contribution in [1.29, 1.82) is 0 Å². The lowest BCUT2D eigenvalue weighted by atomic mass is 10.1. The fourth-order valence-electron chi connectivity index (χ4n) is 1.55. The standard InChI is InChI=1S/C13H12I2O/c1-13(12(15)11(14)9-16-13)8-7-10-5-3-2-4-6-10/h2-8H,9H2,1H3/b8-7+. The minimum atomic E-state index is -0.243. The Bertz CT molecular complexity index is 437. The van der Waals surface area contributed by atoms with Crippen molar-refractivity contribution in [3.8, 4) is 0 Å². The second-order valence-electron chi connectivity index (χ2n) is 3.86. The van der Waals surface area contributed by atoms with E-state index in [1.807, 2.05) is 18.2 Å². The van der Waals surface area contributed by atoms with Gasteiger partial charge in [-0.3, -0.25) is 0 Å². The molecule has 0 saturated carbocycles. The summed E-state index contributed by atoms with van der Waals surface area (Å²) in [5, 5.41) is 0. The van der Waals surface area contributed by atoms with E-state index in [1.54, 1.807) is 0 Å². The van der Waals surface area contributed by atoms with E-state index in [9.17, 15) is 0 Å². The van der Waals surface area contributed by atoms with Crippen molar-refractivity contribution in [3.63, 3.8) is 0 Å². The first-order valence-corrected chi connectivity index (χ1v) is 7.20. The van der Waals surface area contributed by atoms with E-state index in [0.29, 0.717) is 0 Å². The van der Waals surface area contributed by atoms with Crippen LogP contribution in [0.5, 0.6) is 0 Å². The van der Waals surface area contributed by atoms with Crippen molar-refractivity contribution < 1.29 is 4.74 Å². The summed E-state index contributed by atoms with van der Waals surface area (Å²) in [7, 11) is 0. The van der Waals surface area contributed by atoms with Crippen LogP contribution in [0.25, 0.3) is 6.08 Å². The van der Waals surface area contributed by atoms with Gasteiger partial charge in [-0.2, -0.15) is 0 Å². The highest BCUT2D eigenvalue weighted by atomic mass is 127. The largest absolute Gasteiger partial charge is 0.361 e. The number of rotatable bonds is 2. The van der Waals surface area contributed by atoms with Gasteiger partial charge in [0.15, 0.2) is 0 Å². The molecule has 0 bridgehead atoms. The molecule has 1 aromatic rings. The van der Waals surface area contributed by atoms with Crippen LogP contribution in [0.3, 0.4) is 0 Å². The van der Waals surface area contributed by atoms with Gasteiger partial charge in [0, 0.05) is 7.16 Å². The van der Waals surface area contributed by atoms with E-state index in [1.165, 1.54) is 12.7 Å². The van der Waals surface area contributed by atoms with Gasteiger partial charge in [-0.25, -0.2) is 0 Å². The van der Waals surface area contributed by atoms with Gasteiger partial charge in [0.25, 0.3) is 0 Å². The minimum absolute atomic E-state index is 0.243. The summed E-state index contributed by atoms with van der Waals surface area (Å²) < 4.78 is 8.40. The molecular weight excluding hydrogens is 426 g/mol. The van der Waals surface area contributed by atoms with Crippen LogP contribution >= 0.6 is 45.2 Å². The normalized spacial score (nSPS) is 25.7. The Kier molecular flexibility index (Phi) is 4.07. The Morgan fingerprint density at radius 1 is 1.25 bits per heavy atom. The topological polar surface area (TPSA) is 9.23 Å². The molecular formula is C13H12I2O. The Morgan fingerprint density at radius 2 is 1.94 bits per heavy atom. The third-order valence-corrected chi connectivity index (χ3v) is 6.17. The van der Waals surface area contributed by atoms with Crippen LogP contribution in [0.2, 0.25) is 0 Å². The molecule has 0 radical (unpaired) electrons. The van der Waals surface area contributed by atoms with Crippen LogP contribution in [-0.4, -0.2) is 12.2 Å². The molecule has 1 heterocycles. The molecule has 0 fully saturated rings. The van der Waals surface area contributed by atoms with E-state index in [0.717, 1.165) is 6.61 Å². The SMILES string of the molecule is CC1(/C=C/c2ccccc2)OCC(I)=C1I. The minimum Gasteiger partial charge on any atom is -0.361 e. The van der Waals surface area contributed by atoms with Crippen molar-refractivity contribution in [1.82, 2.24) is 0 Å². The van der Waals surface area contributed by atoms with E-state index in [-0.39, 0.29) is 5.60 Å². The summed E-state index contributed by atoms with van der Waals surface area (Å²) in [5.41, 5.74) is 0.964. The van der Waals surface area contributed by atoms with Gasteiger partial charge in [-0.1, -0.05) is 36.4 Å². The van der Waals surface area contributed by atoms with Crippen molar-refractivity contribution >= 4 is 51.3 Å². The Labute approximate surface area is 123 Å². The number of benzene rings is 1. The summed E-state index contributed by atoms with van der Waals surface area (Å²) in [5.74, 6) is 0. The smallest absolute Gasteiger partial charge is 0.116 e. The highest BCUT2D eigenvalue weighted by molar-refractivity contribution is 14.1. The Balaban J connectivity index is 2.20. The molecule has 1 unspecified atom stereocenters. The molecule has 3 heteroatoms. The third kappa shape index (κ3) is 2.68. The zero-order valence-corrected chi connectivity index (χ0v) is 13.2. The van der Waals surface area contributed by atoms with Gasteiger partial charge >= 0.3 is 0 Å². The Hall–Kier alpha value is 0.120. The maximum absolute atomic E-state index is 5.81. The quantitative estimate of drug-likeness (QED) is 0.616. The van der Waals surface area contributed by atoms with Crippen LogP contribution < -0.4 is 0 Å². The summed E-state index contributed by atoms with van der Waals surface area (Å²) in [4.78, 5) is 0. The van der Waals surface area contributed by atoms with Gasteiger partial charge in [0.05, 0.1) is 6.61 Å². The molecule has 16 heavy (non-hydrogen) atoms. The average Bonchev–Trinajstić information content (AvgIpc) is 2.57. The Morgan fingerprint density at radius 3 is 2.50 bits per heavy atom. The zero-order valence-electron chi connectivity index (χ0n) is 8.91. The van der Waals surface area contributed by atoms with Crippen LogP contribution in [0.1, 0.15) is 12.5 Å². The molecule has 0 saturated heterocycles. The molecule has 1 atom stereocenters. The summed E-state index contributed by atoms with van der Waals surface area (Å²) >= 11 is 4.73. The van der Waals surface area contributed by atoms with Gasteiger partial charge in [0.1, 0.15) is 5.60 Å². The fourth-order valence-corrected chi connectivity index (χ4v) is 2.73. The van der Waals surface area contributed by atoms with Crippen molar-refractivity contribution in [2.45, 2.75) is 12.5 Å². The lowest BCUT2D eigenvalue weighted by Crippen LogP contribution is -2.21. The molecule has 1 aliphatic rings. The third-order valence-electron chi connectivity index (χ3n) is 2.57. The molecule has 0 N–H and O–H groups in total. The second kappa shape index (κ2) is 5.18. The fraction of sp³-hybridized carbons (Fsp3) is 0.231. The lowest BCUT2D eigenvalue weighted by Gasteiger charge is -2.19. The lowest BCUT2D eigenvalue weighted by molar-refractivity contribution is 0.0803. The summed E-state index contributed by atoms with van der Waals surface area (Å²) in [6.45, 7) is 2.84. The van der Waals surface area contributed by atoms with Gasteiger partial charge in [-0.15, -0.1) is 0 Å². The maximum Gasteiger partial charge on any atom is 0.116 e. The predicted molar refractivity (Wildman–Crippen MR) is 84.9 cm³/mol. The molecule has 0 aromatic heterocycles. The molecule has 0 spiro atoms. The van der Waals surface area contributed by atoms with Gasteiger partial charge in [-0.05, 0) is 63.7 Å². The molecule has 0 amide bonds. The number of hydrogen-bond donors (Lipinski definition) is 0. The molecule has 1 aliphatic heterocycles. The van der Waals surface area contributed by atoms with Crippen LogP contribution in [-0.2, 0) is 4.74 Å². The number of hydrogen-bond acceptors (Lipinski definition) is 1. The highest BCUT2D eigenvalue weighted by Gasteiger charge is 2.33. The molecule has 1 nitrogen and oxygen atoms in total. The first-order chi connectivity index (χ1) is 7.62. The van der Waals surface area contributed by atoms with E-state index < -0.39 is 0 Å². The van der Waals surface area contributed by atoms with Crippen LogP contribution in [0, 0.1) is 0 Å². The monoisotopic (exact) mass is 438 g/mol. The highest BCUT2D eigenvalue weighted by Crippen LogP contribution is 2.40. The van der Waals surface area contributed by atoms with Crippen LogP contribution in [0.4, 0.5) is 0 Å². The molecule has 0 aliphatic carbocycles. The van der Waals surface area contributed by atoms with Crippen molar-refractivity contribution in [2.24, 2.45) is 0 Å². The van der Waals surface area contributed by atoms with Gasteiger partial charge in [0.2, 0.25) is 0 Å². The van der Waals surface area contributed by atoms with E-state index in [4.69, 9.17) is 4.74 Å². The predicted octanol–water partition coefficient (Wildman–Crippen LogP) is 4.57. The summed E-state index contributed by atoms with van der Waals surface area (Å²) in [6, 6.07) is 10.3. The number of ether oxygens (including phenoxy) is 1. The molecule has 1 aromatic carbocycles. The zero-order chi connectivity index (χ0) is 11.6. The second-order valence-corrected chi connectivity index (χ2v) is 6.24. The van der Waals surface area contributed by atoms with E-state index >= 15 is 0 Å². The first-order valence-electron chi connectivity index (χ1n) is 5.05. The molecule has 84 valence electrons. The van der Waals surface area contributed by atoms with E-state index in [2.05, 4.69) is 76.4 Å². The first kappa shape index (κ1) is 12.6.